The summed E-state index contributed by atoms with van der Waals surface area (Å²) in [7, 11) is 0. The highest BCUT2D eigenvalue weighted by Gasteiger charge is 2.35. The molecule has 0 aliphatic carbocycles. The molecule has 3 atom stereocenters. The summed E-state index contributed by atoms with van der Waals surface area (Å²) in [5.41, 5.74) is 1.72. The Kier molecular flexibility index (Phi) is 5.00. The lowest BCUT2D eigenvalue weighted by molar-refractivity contribution is -0.920. The summed E-state index contributed by atoms with van der Waals surface area (Å²) in [5, 5.41) is 0.965. The third-order valence-electron chi connectivity index (χ3n) is 5.04. The fourth-order valence-corrected chi connectivity index (χ4v) is 3.64. The molecule has 0 bridgehead atoms. The van der Waals surface area contributed by atoms with Gasteiger partial charge < -0.3 is 14.6 Å². The number of piperidine rings is 1. The number of aromatic nitrogens is 1. The number of para-hydroxylation sites is 1. The number of ketones is 1. The number of ether oxygens (including phenoxy) is 1. The van der Waals surface area contributed by atoms with Gasteiger partial charge in [0.1, 0.15) is 12.0 Å². The standard InChI is InChI=1S/C19H24N2O3/c1-3-24-19(23)14-7-6-10-21(12-14)13(2)18(22)16-11-20-17-9-5-4-8-15(16)17/h4-5,8-9,11,13-14,20H,3,6-7,10,12H2,1-2H3/p+1/t13-,14+/m0/s1. The van der Waals surface area contributed by atoms with Crippen LogP contribution in [0.2, 0.25) is 0 Å². The van der Waals surface area contributed by atoms with Crippen molar-refractivity contribution in [2.45, 2.75) is 32.7 Å². The van der Waals surface area contributed by atoms with Crippen LogP contribution in [-0.2, 0) is 9.53 Å². The maximum absolute atomic E-state index is 13.0. The summed E-state index contributed by atoms with van der Waals surface area (Å²) < 4.78 is 5.16. The molecule has 2 heterocycles. The summed E-state index contributed by atoms with van der Waals surface area (Å²) in [6.45, 7) is 5.80. The van der Waals surface area contributed by atoms with E-state index in [1.165, 1.54) is 4.90 Å². The van der Waals surface area contributed by atoms with Crippen molar-refractivity contribution in [2.24, 2.45) is 5.92 Å². The number of rotatable bonds is 5. The van der Waals surface area contributed by atoms with E-state index in [4.69, 9.17) is 4.74 Å². The fourth-order valence-electron chi connectivity index (χ4n) is 3.64. The topological polar surface area (TPSA) is 63.6 Å². The summed E-state index contributed by atoms with van der Waals surface area (Å²) >= 11 is 0. The number of aromatic amines is 1. The highest BCUT2D eigenvalue weighted by Crippen LogP contribution is 2.19. The molecule has 1 unspecified atom stereocenters. The molecule has 0 radical (unpaired) electrons. The molecular formula is C19H25N2O3+. The number of esters is 1. The number of quaternary nitrogens is 1. The van der Waals surface area contributed by atoms with E-state index < -0.39 is 0 Å². The minimum absolute atomic E-state index is 0.0908. The van der Waals surface area contributed by atoms with Crippen molar-refractivity contribution in [3.8, 4) is 0 Å². The van der Waals surface area contributed by atoms with E-state index in [0.717, 1.165) is 35.9 Å². The second-order valence-corrected chi connectivity index (χ2v) is 6.54. The van der Waals surface area contributed by atoms with E-state index in [1.54, 1.807) is 6.20 Å². The highest BCUT2D eigenvalue weighted by molar-refractivity contribution is 6.09. The fraction of sp³-hybridized carbons (Fsp3) is 0.474. The number of nitrogens with one attached hydrogen (secondary N) is 2. The third-order valence-corrected chi connectivity index (χ3v) is 5.04. The molecule has 3 rings (SSSR count). The molecule has 1 fully saturated rings. The van der Waals surface area contributed by atoms with Crippen LogP contribution in [0.1, 0.15) is 37.0 Å². The first-order chi connectivity index (χ1) is 11.6. The zero-order valence-corrected chi connectivity index (χ0v) is 14.3. The number of likely N-dealkylation sites (tertiary alicyclic amines) is 1. The van der Waals surface area contributed by atoms with E-state index in [0.29, 0.717) is 13.2 Å². The van der Waals surface area contributed by atoms with Crippen molar-refractivity contribution in [2.75, 3.05) is 19.7 Å². The van der Waals surface area contributed by atoms with Gasteiger partial charge in [-0.1, -0.05) is 18.2 Å². The molecule has 1 saturated heterocycles. The van der Waals surface area contributed by atoms with Crippen LogP contribution in [-0.4, -0.2) is 42.5 Å². The third kappa shape index (κ3) is 3.22. The molecule has 1 aliphatic rings. The first-order valence-corrected chi connectivity index (χ1v) is 8.73. The largest absolute Gasteiger partial charge is 0.466 e. The van der Waals surface area contributed by atoms with Gasteiger partial charge in [0.05, 0.1) is 19.7 Å². The van der Waals surface area contributed by atoms with Gasteiger partial charge in [0.15, 0.2) is 0 Å². The lowest BCUT2D eigenvalue weighted by Crippen LogP contribution is -3.18. The van der Waals surface area contributed by atoms with Gasteiger partial charge in [-0.25, -0.2) is 0 Å². The molecule has 0 spiro atoms. The predicted octanol–water partition coefficient (Wildman–Crippen LogP) is 1.60. The van der Waals surface area contributed by atoms with Gasteiger partial charge in [-0.15, -0.1) is 0 Å². The first-order valence-electron chi connectivity index (χ1n) is 8.73. The van der Waals surface area contributed by atoms with Crippen molar-refractivity contribution in [3.05, 3.63) is 36.0 Å². The van der Waals surface area contributed by atoms with Gasteiger partial charge in [-0.2, -0.15) is 0 Å². The minimum Gasteiger partial charge on any atom is -0.466 e. The summed E-state index contributed by atoms with van der Waals surface area (Å²) in [4.78, 5) is 29.3. The van der Waals surface area contributed by atoms with Crippen LogP contribution in [0.5, 0.6) is 0 Å². The molecule has 0 saturated carbocycles. The van der Waals surface area contributed by atoms with Crippen molar-refractivity contribution in [1.82, 2.24) is 4.98 Å². The molecule has 2 aromatic rings. The predicted molar refractivity (Wildman–Crippen MR) is 92.1 cm³/mol. The number of benzene rings is 1. The zero-order chi connectivity index (χ0) is 17.1. The zero-order valence-electron chi connectivity index (χ0n) is 14.3. The second kappa shape index (κ2) is 7.18. The monoisotopic (exact) mass is 329 g/mol. The maximum atomic E-state index is 13.0. The van der Waals surface area contributed by atoms with E-state index in [9.17, 15) is 9.59 Å². The van der Waals surface area contributed by atoms with Crippen LogP contribution in [0.4, 0.5) is 0 Å². The number of carbonyl (C=O) groups excluding carboxylic acids is 2. The van der Waals surface area contributed by atoms with Gasteiger partial charge in [0.25, 0.3) is 0 Å². The molecular weight excluding hydrogens is 304 g/mol. The molecule has 1 aliphatic heterocycles. The Morgan fingerprint density at radius 3 is 2.96 bits per heavy atom. The molecule has 5 heteroatoms. The van der Waals surface area contributed by atoms with E-state index in [2.05, 4.69) is 4.98 Å². The van der Waals surface area contributed by atoms with Gasteiger partial charge in [0, 0.05) is 22.7 Å². The van der Waals surface area contributed by atoms with Crippen molar-refractivity contribution < 1.29 is 19.2 Å². The number of hydrogen-bond donors (Lipinski definition) is 2. The van der Waals surface area contributed by atoms with Crippen molar-refractivity contribution in [1.29, 1.82) is 0 Å². The molecule has 1 aromatic carbocycles. The van der Waals surface area contributed by atoms with Crippen LogP contribution in [0.3, 0.4) is 0 Å². The van der Waals surface area contributed by atoms with E-state index in [1.807, 2.05) is 38.1 Å². The number of hydrogen-bond acceptors (Lipinski definition) is 3. The average molecular weight is 329 g/mol. The molecule has 24 heavy (non-hydrogen) atoms. The van der Waals surface area contributed by atoms with Gasteiger partial charge in [-0.05, 0) is 32.8 Å². The molecule has 1 aromatic heterocycles. The average Bonchev–Trinajstić information content (AvgIpc) is 3.05. The Balaban J connectivity index is 1.74. The number of Topliss-reactive ketones (excluding diaryl/α,β-unsaturated/α-hetero) is 1. The first kappa shape index (κ1) is 16.7. The van der Waals surface area contributed by atoms with Gasteiger partial charge in [-0.3, -0.25) is 9.59 Å². The lowest BCUT2D eigenvalue weighted by atomic mass is 9.95. The number of carbonyl (C=O) groups is 2. The Morgan fingerprint density at radius 2 is 2.17 bits per heavy atom. The van der Waals surface area contributed by atoms with E-state index >= 15 is 0 Å². The van der Waals surface area contributed by atoms with Crippen LogP contribution < -0.4 is 4.90 Å². The van der Waals surface area contributed by atoms with Gasteiger partial charge in [0.2, 0.25) is 5.78 Å². The van der Waals surface area contributed by atoms with Crippen LogP contribution in [0, 0.1) is 5.92 Å². The summed E-state index contributed by atoms with van der Waals surface area (Å²) in [5.74, 6) is -0.0830. The van der Waals surface area contributed by atoms with Crippen molar-refractivity contribution in [3.63, 3.8) is 0 Å². The van der Waals surface area contributed by atoms with Gasteiger partial charge >= 0.3 is 5.97 Å². The molecule has 5 nitrogen and oxygen atoms in total. The number of fused-ring (bicyclic) bond motifs is 1. The lowest BCUT2D eigenvalue weighted by Gasteiger charge is -2.32. The smallest absolute Gasteiger partial charge is 0.314 e. The van der Waals surface area contributed by atoms with Crippen molar-refractivity contribution >= 4 is 22.7 Å². The van der Waals surface area contributed by atoms with Crippen LogP contribution in [0.15, 0.2) is 30.5 Å². The number of H-pyrrole nitrogens is 1. The Bertz CT molecular complexity index is 737. The minimum atomic E-state index is -0.165. The summed E-state index contributed by atoms with van der Waals surface area (Å²) in [6, 6.07) is 7.68. The highest BCUT2D eigenvalue weighted by atomic mass is 16.5. The van der Waals surface area contributed by atoms with E-state index in [-0.39, 0.29) is 23.7 Å². The SMILES string of the molecule is CCOC(=O)[C@@H]1CCC[NH+]([C@@H](C)C(=O)c2c[nH]c3ccccc23)C1. The Labute approximate surface area is 142 Å². The Hall–Kier alpha value is -2.14. The molecule has 0 amide bonds. The van der Waals surface area contributed by atoms with Crippen LogP contribution >= 0.6 is 0 Å². The molecule has 2 N–H and O–H groups in total. The normalized spacial score (nSPS) is 22.2. The summed E-state index contributed by atoms with van der Waals surface area (Å²) in [6.07, 6.45) is 3.61. The molecule has 128 valence electrons. The maximum Gasteiger partial charge on any atom is 0.314 e. The van der Waals surface area contributed by atoms with Crippen LogP contribution in [0.25, 0.3) is 10.9 Å². The quantitative estimate of drug-likeness (QED) is 0.647. The Morgan fingerprint density at radius 1 is 1.38 bits per heavy atom. The second-order valence-electron chi connectivity index (χ2n) is 6.54.